The van der Waals surface area contributed by atoms with Gasteiger partial charge in [0.25, 0.3) is 0 Å². The first-order valence-corrected chi connectivity index (χ1v) is 7.84. The quantitative estimate of drug-likeness (QED) is 0.853. The van der Waals surface area contributed by atoms with Gasteiger partial charge in [0, 0.05) is 32.2 Å². The number of carbonyl (C=O) groups excluding carboxylic acids is 1. The fourth-order valence-corrected chi connectivity index (χ4v) is 2.53. The van der Waals surface area contributed by atoms with E-state index >= 15 is 0 Å². The van der Waals surface area contributed by atoms with Gasteiger partial charge in [0.05, 0.1) is 0 Å². The maximum absolute atomic E-state index is 12.5. The number of likely N-dealkylation sites (N-methyl/N-ethyl adjacent to an activating group) is 2. The minimum absolute atomic E-state index is 0.110. The lowest BCUT2D eigenvalue weighted by Gasteiger charge is -2.35. The predicted molar refractivity (Wildman–Crippen MR) is 87.9 cm³/mol. The molecule has 2 unspecified atom stereocenters. The number of hydrogen-bond acceptors (Lipinski definition) is 4. The molecule has 5 heteroatoms. The largest absolute Gasteiger partial charge is 0.440 e. The molecule has 0 spiro atoms. The molecule has 5 nitrogen and oxygen atoms in total. The molecule has 0 radical (unpaired) electrons. The van der Waals surface area contributed by atoms with Gasteiger partial charge < -0.3 is 19.4 Å². The van der Waals surface area contributed by atoms with Gasteiger partial charge in [-0.3, -0.25) is 0 Å². The number of nitrogens with zero attached hydrogens (tertiary/aromatic N) is 3. The second-order valence-corrected chi connectivity index (χ2v) is 6.21. The zero-order chi connectivity index (χ0) is 16.1. The Hall–Kier alpha value is -1.59. The number of carbonyl (C=O) groups is 1. The molecule has 0 aliphatic carbocycles. The Morgan fingerprint density at radius 3 is 2.27 bits per heavy atom. The van der Waals surface area contributed by atoms with Gasteiger partial charge in [0.15, 0.2) is 0 Å². The maximum atomic E-state index is 12.5. The molecule has 2 rings (SSSR count). The SMILES string of the molecule is CC(C(OC(=O)N1CCN(C)CC1)c1ccccc1)N(C)C. The van der Waals surface area contributed by atoms with Crippen molar-refractivity contribution in [1.29, 1.82) is 0 Å². The summed E-state index contributed by atoms with van der Waals surface area (Å²) < 4.78 is 5.86. The van der Waals surface area contributed by atoms with E-state index in [4.69, 9.17) is 4.74 Å². The summed E-state index contributed by atoms with van der Waals surface area (Å²) in [6, 6.07) is 10.1. The van der Waals surface area contributed by atoms with Gasteiger partial charge in [0.1, 0.15) is 6.10 Å². The molecule has 1 fully saturated rings. The van der Waals surface area contributed by atoms with E-state index in [9.17, 15) is 4.79 Å². The molecule has 0 bridgehead atoms. The summed E-state index contributed by atoms with van der Waals surface area (Å²) in [6.07, 6.45) is -0.473. The van der Waals surface area contributed by atoms with Crippen LogP contribution in [0.15, 0.2) is 30.3 Å². The summed E-state index contributed by atoms with van der Waals surface area (Å²) in [5, 5.41) is 0. The molecule has 0 aromatic heterocycles. The highest BCUT2D eigenvalue weighted by Crippen LogP contribution is 2.25. The lowest BCUT2D eigenvalue weighted by Crippen LogP contribution is -2.48. The molecule has 1 aliphatic rings. The first-order chi connectivity index (χ1) is 10.5. The van der Waals surface area contributed by atoms with Gasteiger partial charge in [-0.05, 0) is 33.6 Å². The minimum atomic E-state index is -0.261. The Morgan fingerprint density at radius 1 is 1.14 bits per heavy atom. The van der Waals surface area contributed by atoms with Crippen LogP contribution < -0.4 is 0 Å². The van der Waals surface area contributed by atoms with Crippen molar-refractivity contribution < 1.29 is 9.53 Å². The minimum Gasteiger partial charge on any atom is -0.440 e. The normalized spacial score (nSPS) is 19.0. The highest BCUT2D eigenvalue weighted by atomic mass is 16.6. The summed E-state index contributed by atoms with van der Waals surface area (Å²) in [7, 11) is 6.08. The Morgan fingerprint density at radius 2 is 1.73 bits per heavy atom. The molecule has 2 atom stereocenters. The van der Waals surface area contributed by atoms with E-state index in [1.165, 1.54) is 0 Å². The molecule has 1 heterocycles. The smallest absolute Gasteiger partial charge is 0.410 e. The fraction of sp³-hybridized carbons (Fsp3) is 0.588. The summed E-state index contributed by atoms with van der Waals surface area (Å²) in [6.45, 7) is 5.33. The molecule has 1 saturated heterocycles. The molecule has 22 heavy (non-hydrogen) atoms. The zero-order valence-electron chi connectivity index (χ0n) is 14.0. The van der Waals surface area contributed by atoms with Crippen LogP contribution in [0.25, 0.3) is 0 Å². The average molecular weight is 305 g/mol. The topological polar surface area (TPSA) is 36.0 Å². The second kappa shape index (κ2) is 7.61. The Labute approximate surface area is 133 Å². The standard InChI is InChI=1S/C17H27N3O2/c1-14(18(2)3)16(15-8-6-5-7-9-15)22-17(21)20-12-10-19(4)11-13-20/h5-9,14,16H,10-13H2,1-4H3. The maximum Gasteiger partial charge on any atom is 0.410 e. The summed E-state index contributed by atoms with van der Waals surface area (Å²) in [5.74, 6) is 0. The van der Waals surface area contributed by atoms with E-state index in [1.807, 2.05) is 44.4 Å². The van der Waals surface area contributed by atoms with Crippen LogP contribution in [0.4, 0.5) is 4.79 Å². The third kappa shape index (κ3) is 4.21. The first-order valence-electron chi connectivity index (χ1n) is 7.84. The van der Waals surface area contributed by atoms with Crippen molar-refractivity contribution in [3.05, 3.63) is 35.9 Å². The summed E-state index contributed by atoms with van der Waals surface area (Å²) in [5.41, 5.74) is 1.03. The van der Waals surface area contributed by atoms with Crippen molar-refractivity contribution in [2.75, 3.05) is 47.3 Å². The summed E-state index contributed by atoms with van der Waals surface area (Å²) in [4.78, 5) is 18.6. The zero-order valence-corrected chi connectivity index (χ0v) is 14.0. The monoisotopic (exact) mass is 305 g/mol. The average Bonchev–Trinajstić information content (AvgIpc) is 2.53. The Kier molecular flexibility index (Phi) is 5.80. The number of rotatable bonds is 4. The van der Waals surface area contributed by atoms with Crippen molar-refractivity contribution >= 4 is 6.09 Å². The van der Waals surface area contributed by atoms with E-state index in [0.29, 0.717) is 0 Å². The molecule has 1 aliphatic heterocycles. The van der Waals surface area contributed by atoms with Crippen LogP contribution in [-0.2, 0) is 4.74 Å². The summed E-state index contributed by atoms with van der Waals surface area (Å²) >= 11 is 0. The van der Waals surface area contributed by atoms with Crippen LogP contribution in [-0.4, -0.2) is 74.2 Å². The third-order valence-electron chi connectivity index (χ3n) is 4.37. The molecule has 1 aromatic rings. The lowest BCUT2D eigenvalue weighted by molar-refractivity contribution is 0.0181. The highest BCUT2D eigenvalue weighted by Gasteiger charge is 2.28. The van der Waals surface area contributed by atoms with Crippen molar-refractivity contribution in [3.63, 3.8) is 0 Å². The molecule has 0 N–H and O–H groups in total. The van der Waals surface area contributed by atoms with E-state index in [2.05, 4.69) is 23.8 Å². The number of amides is 1. The number of piperazine rings is 1. The number of ether oxygens (including phenoxy) is 1. The van der Waals surface area contributed by atoms with E-state index in [1.54, 1.807) is 4.90 Å². The van der Waals surface area contributed by atoms with E-state index < -0.39 is 0 Å². The van der Waals surface area contributed by atoms with Crippen LogP contribution in [0.5, 0.6) is 0 Å². The van der Waals surface area contributed by atoms with Crippen LogP contribution in [0.1, 0.15) is 18.6 Å². The Balaban J connectivity index is 2.08. The second-order valence-electron chi connectivity index (χ2n) is 6.21. The van der Waals surface area contributed by atoms with Gasteiger partial charge in [-0.15, -0.1) is 0 Å². The molecular formula is C17H27N3O2. The molecule has 122 valence electrons. The van der Waals surface area contributed by atoms with Gasteiger partial charge >= 0.3 is 6.09 Å². The van der Waals surface area contributed by atoms with Crippen LogP contribution in [0, 0.1) is 0 Å². The van der Waals surface area contributed by atoms with Crippen molar-refractivity contribution in [2.24, 2.45) is 0 Å². The number of benzene rings is 1. The first kappa shape index (κ1) is 16.8. The van der Waals surface area contributed by atoms with Crippen LogP contribution in [0.2, 0.25) is 0 Å². The van der Waals surface area contributed by atoms with E-state index in [-0.39, 0.29) is 18.2 Å². The van der Waals surface area contributed by atoms with Gasteiger partial charge in [-0.2, -0.15) is 0 Å². The predicted octanol–water partition coefficient (Wildman–Crippen LogP) is 2.06. The number of hydrogen-bond donors (Lipinski definition) is 0. The fourth-order valence-electron chi connectivity index (χ4n) is 2.53. The lowest BCUT2D eigenvalue weighted by atomic mass is 10.0. The van der Waals surface area contributed by atoms with Crippen LogP contribution in [0.3, 0.4) is 0 Å². The van der Waals surface area contributed by atoms with Gasteiger partial charge in [-0.25, -0.2) is 4.79 Å². The molecular weight excluding hydrogens is 278 g/mol. The van der Waals surface area contributed by atoms with E-state index in [0.717, 1.165) is 31.7 Å². The molecule has 1 aromatic carbocycles. The highest BCUT2D eigenvalue weighted by molar-refractivity contribution is 5.68. The van der Waals surface area contributed by atoms with Crippen LogP contribution >= 0.6 is 0 Å². The van der Waals surface area contributed by atoms with Gasteiger partial charge in [0.2, 0.25) is 0 Å². The Bertz CT molecular complexity index is 470. The molecule has 1 amide bonds. The van der Waals surface area contributed by atoms with Crippen molar-refractivity contribution in [3.8, 4) is 0 Å². The third-order valence-corrected chi connectivity index (χ3v) is 4.37. The van der Waals surface area contributed by atoms with Crippen molar-refractivity contribution in [2.45, 2.75) is 19.1 Å². The molecule has 0 saturated carbocycles. The van der Waals surface area contributed by atoms with Gasteiger partial charge in [-0.1, -0.05) is 30.3 Å². The van der Waals surface area contributed by atoms with Crippen molar-refractivity contribution in [1.82, 2.24) is 14.7 Å².